The quantitative estimate of drug-likeness (QED) is 0.638. The molecule has 0 unspecified atom stereocenters. The van der Waals surface area contributed by atoms with E-state index < -0.39 is 0 Å². The third-order valence-corrected chi connectivity index (χ3v) is 4.47. The van der Waals surface area contributed by atoms with Gasteiger partial charge in [0.15, 0.2) is 0 Å². The average molecular weight is 348 g/mol. The van der Waals surface area contributed by atoms with Gasteiger partial charge in [0.25, 0.3) is 5.91 Å². The Bertz CT molecular complexity index is 685. The molecule has 0 heterocycles. The van der Waals surface area contributed by atoms with Crippen LogP contribution in [0.5, 0.6) is 0 Å². The van der Waals surface area contributed by atoms with Crippen molar-refractivity contribution in [3.63, 3.8) is 0 Å². The topological polar surface area (TPSA) is 20.3 Å². The van der Waals surface area contributed by atoms with Crippen molar-refractivity contribution in [1.82, 2.24) is 4.90 Å². The average Bonchev–Trinajstić information content (AvgIpc) is 2.57. The SMILES string of the molecule is C=CC[C@H](CN(C)C(=O)c1ccccc1)c1ccc(Cl)c(Cl)c1. The van der Waals surface area contributed by atoms with E-state index in [2.05, 4.69) is 6.58 Å². The number of rotatable bonds is 6. The molecule has 0 spiro atoms. The number of hydrogen-bond acceptors (Lipinski definition) is 1. The molecule has 0 aliphatic carbocycles. The highest BCUT2D eigenvalue weighted by atomic mass is 35.5. The van der Waals surface area contributed by atoms with E-state index in [9.17, 15) is 4.79 Å². The number of benzene rings is 2. The Morgan fingerprint density at radius 2 is 1.87 bits per heavy atom. The largest absolute Gasteiger partial charge is 0.341 e. The van der Waals surface area contributed by atoms with E-state index in [1.807, 2.05) is 55.6 Å². The summed E-state index contributed by atoms with van der Waals surface area (Å²) in [6.07, 6.45) is 2.61. The van der Waals surface area contributed by atoms with Gasteiger partial charge in [0.1, 0.15) is 0 Å². The molecule has 2 aromatic carbocycles. The van der Waals surface area contributed by atoms with Crippen LogP contribution >= 0.6 is 23.2 Å². The molecular formula is C19H19Cl2NO. The molecule has 2 aromatic rings. The summed E-state index contributed by atoms with van der Waals surface area (Å²) < 4.78 is 0. The summed E-state index contributed by atoms with van der Waals surface area (Å²) in [5.74, 6) is 0.125. The molecule has 2 rings (SSSR count). The van der Waals surface area contributed by atoms with Crippen LogP contribution in [0.2, 0.25) is 10.0 Å². The third kappa shape index (κ3) is 4.60. The molecule has 1 atom stereocenters. The zero-order chi connectivity index (χ0) is 16.8. The van der Waals surface area contributed by atoms with Crippen molar-refractivity contribution in [1.29, 1.82) is 0 Å². The van der Waals surface area contributed by atoms with Gasteiger partial charge in [0.2, 0.25) is 0 Å². The standard InChI is InChI=1S/C19H19Cl2NO/c1-3-7-16(15-10-11-17(20)18(21)12-15)13-22(2)19(23)14-8-5-4-6-9-14/h3-6,8-12,16H,1,7,13H2,2H3/t16-/m1/s1. The van der Waals surface area contributed by atoms with E-state index in [1.54, 1.807) is 11.0 Å². The van der Waals surface area contributed by atoms with Crippen LogP contribution in [0.4, 0.5) is 0 Å². The predicted molar refractivity (Wildman–Crippen MR) is 97.4 cm³/mol. The van der Waals surface area contributed by atoms with Crippen molar-refractivity contribution >= 4 is 29.1 Å². The molecule has 0 saturated carbocycles. The van der Waals surface area contributed by atoms with Gasteiger partial charge in [-0.1, -0.05) is 53.5 Å². The van der Waals surface area contributed by atoms with Crippen LogP contribution in [0.25, 0.3) is 0 Å². The van der Waals surface area contributed by atoms with E-state index in [0.29, 0.717) is 22.2 Å². The molecule has 0 fully saturated rings. The summed E-state index contributed by atoms with van der Waals surface area (Å²) in [5.41, 5.74) is 1.73. The number of likely N-dealkylation sites (N-methyl/N-ethyl adjacent to an activating group) is 1. The van der Waals surface area contributed by atoms with Crippen molar-refractivity contribution in [2.24, 2.45) is 0 Å². The first kappa shape index (κ1) is 17.6. The number of carbonyl (C=O) groups is 1. The van der Waals surface area contributed by atoms with Crippen molar-refractivity contribution in [3.8, 4) is 0 Å². The monoisotopic (exact) mass is 347 g/mol. The maximum absolute atomic E-state index is 12.5. The fourth-order valence-electron chi connectivity index (χ4n) is 2.50. The molecule has 120 valence electrons. The van der Waals surface area contributed by atoms with E-state index in [1.165, 1.54) is 0 Å². The maximum atomic E-state index is 12.5. The smallest absolute Gasteiger partial charge is 0.253 e. The summed E-state index contributed by atoms with van der Waals surface area (Å²) in [5, 5.41) is 1.05. The molecule has 0 aromatic heterocycles. The lowest BCUT2D eigenvalue weighted by molar-refractivity contribution is 0.0786. The molecule has 0 bridgehead atoms. The second kappa shape index (κ2) is 8.19. The molecule has 2 nitrogen and oxygen atoms in total. The Hall–Kier alpha value is -1.77. The Morgan fingerprint density at radius 3 is 2.48 bits per heavy atom. The molecule has 0 radical (unpaired) electrons. The normalized spacial score (nSPS) is 11.8. The highest BCUT2D eigenvalue weighted by molar-refractivity contribution is 6.42. The molecule has 4 heteroatoms. The zero-order valence-electron chi connectivity index (χ0n) is 13.0. The lowest BCUT2D eigenvalue weighted by atomic mass is 9.95. The van der Waals surface area contributed by atoms with Gasteiger partial charge in [-0.3, -0.25) is 4.79 Å². The number of halogens is 2. The first-order valence-electron chi connectivity index (χ1n) is 7.39. The molecule has 0 aliphatic rings. The van der Waals surface area contributed by atoms with Crippen molar-refractivity contribution in [2.75, 3.05) is 13.6 Å². The van der Waals surface area contributed by atoms with Gasteiger partial charge in [-0.05, 0) is 36.2 Å². The van der Waals surface area contributed by atoms with Gasteiger partial charge in [0.05, 0.1) is 10.0 Å². The van der Waals surface area contributed by atoms with Gasteiger partial charge in [-0.15, -0.1) is 6.58 Å². The van der Waals surface area contributed by atoms with Crippen LogP contribution in [0, 0.1) is 0 Å². The highest BCUT2D eigenvalue weighted by Crippen LogP contribution is 2.29. The number of allylic oxidation sites excluding steroid dienone is 1. The van der Waals surface area contributed by atoms with E-state index in [-0.39, 0.29) is 11.8 Å². The van der Waals surface area contributed by atoms with Crippen molar-refractivity contribution in [2.45, 2.75) is 12.3 Å². The minimum absolute atomic E-state index is 0.000257. The third-order valence-electron chi connectivity index (χ3n) is 3.73. The zero-order valence-corrected chi connectivity index (χ0v) is 14.5. The number of hydrogen-bond donors (Lipinski definition) is 0. The van der Waals surface area contributed by atoms with Gasteiger partial charge in [-0.2, -0.15) is 0 Å². The molecule has 23 heavy (non-hydrogen) atoms. The van der Waals surface area contributed by atoms with Crippen LogP contribution in [-0.2, 0) is 0 Å². The lowest BCUT2D eigenvalue weighted by Gasteiger charge is -2.24. The van der Waals surface area contributed by atoms with Gasteiger partial charge < -0.3 is 4.90 Å². The number of nitrogens with zero attached hydrogens (tertiary/aromatic N) is 1. The van der Waals surface area contributed by atoms with Crippen LogP contribution in [0.15, 0.2) is 61.2 Å². The van der Waals surface area contributed by atoms with Crippen molar-refractivity contribution < 1.29 is 4.79 Å². The fraction of sp³-hybridized carbons (Fsp3) is 0.211. The summed E-state index contributed by atoms with van der Waals surface area (Å²) in [6.45, 7) is 4.39. The van der Waals surface area contributed by atoms with E-state index >= 15 is 0 Å². The number of amides is 1. The Kier molecular flexibility index (Phi) is 6.26. The van der Waals surface area contributed by atoms with Gasteiger partial charge >= 0.3 is 0 Å². The summed E-state index contributed by atoms with van der Waals surface area (Å²) in [4.78, 5) is 14.2. The van der Waals surface area contributed by atoms with Gasteiger partial charge in [0, 0.05) is 25.1 Å². The predicted octanol–water partition coefficient (Wildman–Crippen LogP) is 5.43. The van der Waals surface area contributed by atoms with E-state index in [0.717, 1.165) is 12.0 Å². The van der Waals surface area contributed by atoms with Crippen LogP contribution < -0.4 is 0 Å². The minimum Gasteiger partial charge on any atom is -0.341 e. The van der Waals surface area contributed by atoms with E-state index in [4.69, 9.17) is 23.2 Å². The first-order chi connectivity index (χ1) is 11.0. The summed E-state index contributed by atoms with van der Waals surface area (Å²) in [6, 6.07) is 14.9. The fourth-order valence-corrected chi connectivity index (χ4v) is 2.80. The highest BCUT2D eigenvalue weighted by Gasteiger charge is 2.18. The summed E-state index contributed by atoms with van der Waals surface area (Å²) in [7, 11) is 1.81. The molecule has 1 amide bonds. The Labute approximate surface area is 147 Å². The lowest BCUT2D eigenvalue weighted by Crippen LogP contribution is -2.31. The van der Waals surface area contributed by atoms with Crippen LogP contribution in [0.3, 0.4) is 0 Å². The van der Waals surface area contributed by atoms with Crippen LogP contribution in [-0.4, -0.2) is 24.4 Å². The summed E-state index contributed by atoms with van der Waals surface area (Å²) >= 11 is 12.1. The molecule has 0 aliphatic heterocycles. The van der Waals surface area contributed by atoms with Crippen LogP contribution in [0.1, 0.15) is 28.3 Å². The van der Waals surface area contributed by atoms with Crippen molar-refractivity contribution in [3.05, 3.63) is 82.4 Å². The Balaban J connectivity index is 2.16. The first-order valence-corrected chi connectivity index (χ1v) is 8.15. The molecule has 0 saturated heterocycles. The number of carbonyl (C=O) groups excluding carboxylic acids is 1. The Morgan fingerprint density at radius 1 is 1.17 bits per heavy atom. The minimum atomic E-state index is -0.000257. The maximum Gasteiger partial charge on any atom is 0.253 e. The molecule has 0 N–H and O–H groups in total. The second-order valence-corrected chi connectivity index (χ2v) is 6.26. The molecular weight excluding hydrogens is 329 g/mol. The van der Waals surface area contributed by atoms with Gasteiger partial charge in [-0.25, -0.2) is 0 Å². The second-order valence-electron chi connectivity index (χ2n) is 5.45.